The van der Waals surface area contributed by atoms with Crippen molar-refractivity contribution in [1.82, 2.24) is 20.2 Å². The lowest BCUT2D eigenvalue weighted by Gasteiger charge is -2.40. The van der Waals surface area contributed by atoms with Gasteiger partial charge in [-0.2, -0.15) is 5.10 Å². The second-order valence-corrected chi connectivity index (χ2v) is 6.29. The molecule has 3 heterocycles. The first-order chi connectivity index (χ1) is 10.8. The van der Waals surface area contributed by atoms with Crippen LogP contribution in [-0.4, -0.2) is 39.8 Å². The maximum absolute atomic E-state index is 4.40. The van der Waals surface area contributed by atoms with Gasteiger partial charge in [0.1, 0.15) is 5.82 Å². The van der Waals surface area contributed by atoms with Gasteiger partial charge in [0.2, 0.25) is 0 Å². The van der Waals surface area contributed by atoms with Crippen LogP contribution in [0, 0.1) is 12.8 Å². The highest BCUT2D eigenvalue weighted by molar-refractivity contribution is 5.42. The molecule has 4 rings (SSSR count). The largest absolute Gasteiger partial charge is 0.368 e. The number of hydrogen-bond acceptors (Lipinski definition) is 6. The van der Waals surface area contributed by atoms with Crippen LogP contribution in [0.25, 0.3) is 0 Å². The summed E-state index contributed by atoms with van der Waals surface area (Å²) in [6, 6.07) is 4.24. The summed E-state index contributed by atoms with van der Waals surface area (Å²) < 4.78 is 0. The molecule has 0 amide bonds. The molecule has 0 aromatic carbocycles. The lowest BCUT2D eigenvalue weighted by atomic mass is 10.0. The number of aryl methyl sites for hydroxylation is 1. The highest BCUT2D eigenvalue weighted by atomic mass is 15.3. The molecular formula is C16H20N6. The quantitative estimate of drug-likeness (QED) is 0.910. The number of nitrogens with one attached hydrogen (secondary N) is 1. The third kappa shape index (κ3) is 2.86. The van der Waals surface area contributed by atoms with Gasteiger partial charge in [-0.25, -0.2) is 4.98 Å². The normalized spacial score (nSPS) is 18.1. The molecule has 1 saturated heterocycles. The van der Waals surface area contributed by atoms with Gasteiger partial charge in [-0.05, 0) is 31.9 Å². The molecule has 2 aliphatic rings. The topological polar surface area (TPSA) is 66.8 Å². The molecule has 0 bridgehead atoms. The van der Waals surface area contributed by atoms with E-state index in [4.69, 9.17) is 0 Å². The molecule has 114 valence electrons. The summed E-state index contributed by atoms with van der Waals surface area (Å²) >= 11 is 0. The van der Waals surface area contributed by atoms with E-state index in [2.05, 4.69) is 42.5 Å². The standard InChI is InChI=1S/C16H20N6/c1-11-6-17-8-15(19-11)18-7-12-9-22(10-12)16-5-4-14(20-21-16)13-2-3-13/h4-6,8,12-13H,2-3,7,9-10H2,1H3,(H,18,19). The first kappa shape index (κ1) is 13.4. The molecule has 2 fully saturated rings. The van der Waals surface area contributed by atoms with Crippen LogP contribution in [0.3, 0.4) is 0 Å². The van der Waals surface area contributed by atoms with Crippen LogP contribution in [0.5, 0.6) is 0 Å². The minimum absolute atomic E-state index is 0.618. The number of aromatic nitrogens is 4. The first-order valence-corrected chi connectivity index (χ1v) is 7.89. The molecule has 6 heteroatoms. The molecule has 0 atom stereocenters. The van der Waals surface area contributed by atoms with Gasteiger partial charge in [-0.1, -0.05) is 0 Å². The van der Waals surface area contributed by atoms with Crippen molar-refractivity contribution < 1.29 is 0 Å². The van der Waals surface area contributed by atoms with Crippen LogP contribution in [-0.2, 0) is 0 Å². The average molecular weight is 296 g/mol. The van der Waals surface area contributed by atoms with E-state index >= 15 is 0 Å². The Morgan fingerprint density at radius 3 is 2.73 bits per heavy atom. The monoisotopic (exact) mass is 296 g/mol. The molecule has 2 aromatic rings. The van der Waals surface area contributed by atoms with E-state index in [1.807, 2.05) is 6.92 Å². The van der Waals surface area contributed by atoms with Crippen molar-refractivity contribution in [2.75, 3.05) is 29.9 Å². The minimum atomic E-state index is 0.618. The van der Waals surface area contributed by atoms with Crippen molar-refractivity contribution >= 4 is 11.6 Å². The Hall–Kier alpha value is -2.24. The van der Waals surface area contributed by atoms with Crippen molar-refractivity contribution in [3.8, 4) is 0 Å². The molecule has 6 nitrogen and oxygen atoms in total. The number of anilines is 2. The summed E-state index contributed by atoms with van der Waals surface area (Å²) in [6.45, 7) is 4.91. The average Bonchev–Trinajstić information content (AvgIpc) is 3.31. The molecule has 1 saturated carbocycles. The minimum Gasteiger partial charge on any atom is -0.368 e. The van der Waals surface area contributed by atoms with E-state index in [1.54, 1.807) is 12.4 Å². The number of hydrogen-bond donors (Lipinski definition) is 1. The zero-order valence-electron chi connectivity index (χ0n) is 12.7. The van der Waals surface area contributed by atoms with Gasteiger partial charge in [-0.3, -0.25) is 4.98 Å². The Morgan fingerprint density at radius 1 is 1.18 bits per heavy atom. The fourth-order valence-electron chi connectivity index (χ4n) is 2.78. The van der Waals surface area contributed by atoms with Crippen LogP contribution >= 0.6 is 0 Å². The second-order valence-electron chi connectivity index (χ2n) is 6.29. The first-order valence-electron chi connectivity index (χ1n) is 7.89. The third-order valence-electron chi connectivity index (χ3n) is 4.27. The van der Waals surface area contributed by atoms with Gasteiger partial charge in [0.25, 0.3) is 0 Å². The predicted molar refractivity (Wildman–Crippen MR) is 85.0 cm³/mol. The highest BCUT2D eigenvalue weighted by Crippen LogP contribution is 2.38. The highest BCUT2D eigenvalue weighted by Gasteiger charge is 2.29. The Balaban J connectivity index is 1.26. The number of rotatable bonds is 5. The van der Waals surface area contributed by atoms with Crippen molar-refractivity contribution in [3.63, 3.8) is 0 Å². The summed E-state index contributed by atoms with van der Waals surface area (Å²) in [7, 11) is 0. The summed E-state index contributed by atoms with van der Waals surface area (Å²) in [5.74, 6) is 3.14. The maximum atomic E-state index is 4.40. The van der Waals surface area contributed by atoms with Crippen LogP contribution in [0.2, 0.25) is 0 Å². The van der Waals surface area contributed by atoms with E-state index in [1.165, 1.54) is 12.8 Å². The molecule has 0 spiro atoms. The van der Waals surface area contributed by atoms with Gasteiger partial charge >= 0.3 is 0 Å². The Bertz CT molecular complexity index is 646. The maximum Gasteiger partial charge on any atom is 0.151 e. The Labute approximate surface area is 130 Å². The Morgan fingerprint density at radius 2 is 2.05 bits per heavy atom. The van der Waals surface area contributed by atoms with Crippen LogP contribution in [0.4, 0.5) is 11.6 Å². The molecule has 1 aliphatic heterocycles. The third-order valence-corrected chi connectivity index (χ3v) is 4.27. The number of nitrogens with zero attached hydrogens (tertiary/aromatic N) is 5. The summed E-state index contributed by atoms with van der Waals surface area (Å²) in [6.07, 6.45) is 6.08. The SMILES string of the molecule is Cc1cncc(NCC2CN(c3ccc(C4CC4)nn3)C2)n1. The van der Waals surface area contributed by atoms with E-state index < -0.39 is 0 Å². The van der Waals surface area contributed by atoms with Crippen LogP contribution in [0.1, 0.15) is 30.1 Å². The van der Waals surface area contributed by atoms with Crippen molar-refractivity contribution in [2.24, 2.45) is 5.92 Å². The fraction of sp³-hybridized carbons (Fsp3) is 0.500. The van der Waals surface area contributed by atoms with Gasteiger partial charge in [0, 0.05) is 37.7 Å². The predicted octanol–water partition coefficient (Wildman–Crippen LogP) is 2.00. The zero-order valence-corrected chi connectivity index (χ0v) is 12.7. The smallest absolute Gasteiger partial charge is 0.151 e. The molecule has 2 aromatic heterocycles. The molecule has 0 unspecified atom stereocenters. The lowest BCUT2D eigenvalue weighted by molar-refractivity contribution is 0.425. The molecule has 0 radical (unpaired) electrons. The zero-order chi connectivity index (χ0) is 14.9. The van der Waals surface area contributed by atoms with Crippen molar-refractivity contribution in [1.29, 1.82) is 0 Å². The van der Waals surface area contributed by atoms with Gasteiger partial charge in [0.15, 0.2) is 5.82 Å². The van der Waals surface area contributed by atoms with Crippen molar-refractivity contribution in [2.45, 2.75) is 25.7 Å². The van der Waals surface area contributed by atoms with E-state index in [0.717, 1.165) is 42.7 Å². The van der Waals surface area contributed by atoms with Gasteiger partial charge in [-0.15, -0.1) is 5.10 Å². The van der Waals surface area contributed by atoms with E-state index in [0.29, 0.717) is 11.8 Å². The lowest BCUT2D eigenvalue weighted by Crippen LogP contribution is -2.50. The van der Waals surface area contributed by atoms with Crippen LogP contribution < -0.4 is 10.2 Å². The van der Waals surface area contributed by atoms with Crippen molar-refractivity contribution in [3.05, 3.63) is 35.9 Å². The van der Waals surface area contributed by atoms with E-state index in [-0.39, 0.29) is 0 Å². The summed E-state index contributed by atoms with van der Waals surface area (Å²) in [5, 5.41) is 12.1. The summed E-state index contributed by atoms with van der Waals surface area (Å²) in [5.41, 5.74) is 2.09. The molecule has 22 heavy (non-hydrogen) atoms. The van der Waals surface area contributed by atoms with Crippen LogP contribution in [0.15, 0.2) is 24.5 Å². The fourth-order valence-corrected chi connectivity index (χ4v) is 2.78. The molecule has 1 aliphatic carbocycles. The molecule has 1 N–H and O–H groups in total. The Kier molecular flexibility index (Phi) is 3.36. The van der Waals surface area contributed by atoms with Gasteiger partial charge < -0.3 is 10.2 Å². The second kappa shape index (κ2) is 5.51. The van der Waals surface area contributed by atoms with E-state index in [9.17, 15) is 0 Å². The summed E-state index contributed by atoms with van der Waals surface area (Å²) in [4.78, 5) is 10.8. The molecular weight excluding hydrogens is 276 g/mol. The van der Waals surface area contributed by atoms with Gasteiger partial charge in [0.05, 0.1) is 17.6 Å².